The van der Waals surface area contributed by atoms with Crippen LogP contribution in [0.25, 0.3) is 0 Å². The van der Waals surface area contributed by atoms with E-state index in [1.807, 2.05) is 0 Å². The highest BCUT2D eigenvalue weighted by molar-refractivity contribution is 7.89. The SMILES string of the molecule is NS(=O)(=O)CCNC1CC2CCC1C2. The topological polar surface area (TPSA) is 72.2 Å². The average molecular weight is 218 g/mol. The first-order valence-corrected chi connectivity index (χ1v) is 7.00. The first-order valence-electron chi connectivity index (χ1n) is 5.28. The summed E-state index contributed by atoms with van der Waals surface area (Å²) in [7, 11) is -3.29. The van der Waals surface area contributed by atoms with Crippen molar-refractivity contribution in [3.05, 3.63) is 0 Å². The summed E-state index contributed by atoms with van der Waals surface area (Å²) >= 11 is 0. The van der Waals surface area contributed by atoms with Crippen LogP contribution in [0.5, 0.6) is 0 Å². The molecule has 2 saturated carbocycles. The highest BCUT2D eigenvalue weighted by atomic mass is 32.2. The van der Waals surface area contributed by atoms with E-state index in [0.29, 0.717) is 12.6 Å². The molecule has 2 rings (SSSR count). The van der Waals surface area contributed by atoms with Crippen molar-refractivity contribution in [1.29, 1.82) is 0 Å². The number of nitrogens with two attached hydrogens (primary N) is 1. The maximum absolute atomic E-state index is 10.7. The van der Waals surface area contributed by atoms with Crippen molar-refractivity contribution in [2.75, 3.05) is 12.3 Å². The number of fused-ring (bicyclic) bond motifs is 2. The summed E-state index contributed by atoms with van der Waals surface area (Å²) in [5.74, 6) is 1.74. The van der Waals surface area contributed by atoms with Gasteiger partial charge in [0.05, 0.1) is 5.75 Å². The van der Waals surface area contributed by atoms with Gasteiger partial charge < -0.3 is 5.32 Å². The molecule has 0 aromatic heterocycles. The molecule has 2 fully saturated rings. The van der Waals surface area contributed by atoms with Crippen molar-refractivity contribution >= 4 is 10.0 Å². The van der Waals surface area contributed by atoms with Gasteiger partial charge in [0.1, 0.15) is 0 Å². The standard InChI is InChI=1S/C9H18N2O2S/c10-14(12,13)4-3-11-9-6-7-1-2-8(9)5-7/h7-9,11H,1-6H2,(H2,10,12,13). The Morgan fingerprint density at radius 3 is 2.57 bits per heavy atom. The Balaban J connectivity index is 1.72. The Morgan fingerprint density at radius 1 is 1.29 bits per heavy atom. The lowest BCUT2D eigenvalue weighted by Gasteiger charge is -2.22. The lowest BCUT2D eigenvalue weighted by molar-refractivity contribution is 0.358. The third-order valence-corrected chi connectivity index (χ3v) is 4.30. The molecule has 0 aromatic carbocycles. The highest BCUT2D eigenvalue weighted by Crippen LogP contribution is 2.44. The zero-order chi connectivity index (χ0) is 10.2. The van der Waals surface area contributed by atoms with Crippen LogP contribution < -0.4 is 10.5 Å². The highest BCUT2D eigenvalue weighted by Gasteiger charge is 2.38. The van der Waals surface area contributed by atoms with Crippen LogP contribution in [-0.4, -0.2) is 26.8 Å². The van der Waals surface area contributed by atoms with E-state index in [2.05, 4.69) is 5.32 Å². The van der Waals surface area contributed by atoms with Gasteiger partial charge in [-0.1, -0.05) is 6.42 Å². The Kier molecular flexibility index (Phi) is 2.81. The monoisotopic (exact) mass is 218 g/mol. The van der Waals surface area contributed by atoms with Crippen molar-refractivity contribution in [2.24, 2.45) is 17.0 Å². The van der Waals surface area contributed by atoms with Crippen molar-refractivity contribution in [3.63, 3.8) is 0 Å². The smallest absolute Gasteiger partial charge is 0.210 e. The summed E-state index contributed by atoms with van der Waals surface area (Å²) in [6.45, 7) is 0.507. The van der Waals surface area contributed by atoms with E-state index in [9.17, 15) is 8.42 Å². The van der Waals surface area contributed by atoms with Gasteiger partial charge >= 0.3 is 0 Å². The molecule has 2 aliphatic rings. The van der Waals surface area contributed by atoms with Crippen LogP contribution in [-0.2, 0) is 10.0 Å². The van der Waals surface area contributed by atoms with Gasteiger partial charge in [-0.3, -0.25) is 0 Å². The predicted molar refractivity (Wildman–Crippen MR) is 55.2 cm³/mol. The molecule has 0 aliphatic heterocycles. The van der Waals surface area contributed by atoms with Gasteiger partial charge in [0.25, 0.3) is 0 Å². The fourth-order valence-electron chi connectivity index (χ4n) is 2.88. The van der Waals surface area contributed by atoms with Crippen LogP contribution in [0.3, 0.4) is 0 Å². The van der Waals surface area contributed by atoms with E-state index < -0.39 is 10.0 Å². The van der Waals surface area contributed by atoms with Crippen LogP contribution >= 0.6 is 0 Å². The first kappa shape index (κ1) is 10.4. The number of nitrogens with one attached hydrogen (secondary N) is 1. The van der Waals surface area contributed by atoms with Crippen LogP contribution in [0.15, 0.2) is 0 Å². The molecule has 3 atom stereocenters. The Bertz CT molecular complexity index is 302. The molecule has 0 spiro atoms. The summed E-state index contributed by atoms with van der Waals surface area (Å²) < 4.78 is 21.4. The molecular formula is C9H18N2O2S. The van der Waals surface area contributed by atoms with E-state index in [1.54, 1.807) is 0 Å². The minimum atomic E-state index is -3.29. The molecule has 2 aliphatic carbocycles. The Hall–Kier alpha value is -0.130. The summed E-state index contributed by atoms with van der Waals surface area (Å²) in [5.41, 5.74) is 0. The number of hydrogen-bond acceptors (Lipinski definition) is 3. The van der Waals surface area contributed by atoms with E-state index in [1.165, 1.54) is 25.7 Å². The molecule has 82 valence electrons. The van der Waals surface area contributed by atoms with Gasteiger partial charge in [-0.25, -0.2) is 13.6 Å². The van der Waals surface area contributed by atoms with Crippen molar-refractivity contribution in [1.82, 2.24) is 5.32 Å². The third kappa shape index (κ3) is 2.46. The number of hydrogen-bond donors (Lipinski definition) is 2. The molecule has 2 bridgehead atoms. The molecule has 14 heavy (non-hydrogen) atoms. The van der Waals surface area contributed by atoms with E-state index >= 15 is 0 Å². The Labute approximate surface area is 85.3 Å². The molecule has 0 aromatic rings. The number of rotatable bonds is 4. The molecular weight excluding hydrogens is 200 g/mol. The molecule has 5 heteroatoms. The molecule has 0 heterocycles. The quantitative estimate of drug-likeness (QED) is 0.700. The minimum Gasteiger partial charge on any atom is -0.313 e. The maximum atomic E-state index is 10.7. The molecule has 0 radical (unpaired) electrons. The molecule has 0 saturated heterocycles. The van der Waals surface area contributed by atoms with E-state index in [4.69, 9.17) is 5.14 Å². The number of primary sulfonamides is 1. The van der Waals surface area contributed by atoms with Crippen molar-refractivity contribution in [2.45, 2.75) is 31.7 Å². The lowest BCUT2D eigenvalue weighted by atomic mass is 9.95. The summed E-state index contributed by atoms with van der Waals surface area (Å²) in [6, 6.07) is 0.551. The summed E-state index contributed by atoms with van der Waals surface area (Å²) in [6.07, 6.45) is 5.26. The molecule has 4 nitrogen and oxygen atoms in total. The van der Waals surface area contributed by atoms with Gasteiger partial charge in [-0.05, 0) is 31.1 Å². The number of sulfonamides is 1. The molecule has 0 amide bonds. The predicted octanol–water partition coefficient (Wildman–Crippen LogP) is 0.0531. The van der Waals surface area contributed by atoms with Gasteiger partial charge in [-0.2, -0.15) is 0 Å². The summed E-state index contributed by atoms with van der Waals surface area (Å²) in [4.78, 5) is 0. The fraction of sp³-hybridized carbons (Fsp3) is 1.00. The van der Waals surface area contributed by atoms with Crippen LogP contribution in [0, 0.1) is 11.8 Å². The largest absolute Gasteiger partial charge is 0.313 e. The van der Waals surface area contributed by atoms with Gasteiger partial charge in [0, 0.05) is 12.6 Å². The lowest BCUT2D eigenvalue weighted by Crippen LogP contribution is -2.37. The molecule has 3 unspecified atom stereocenters. The van der Waals surface area contributed by atoms with Crippen molar-refractivity contribution in [3.8, 4) is 0 Å². The van der Waals surface area contributed by atoms with Crippen LogP contribution in [0.4, 0.5) is 0 Å². The summed E-state index contributed by atoms with van der Waals surface area (Å²) in [5, 5.41) is 8.24. The normalized spacial score (nSPS) is 36.5. The van der Waals surface area contributed by atoms with E-state index in [0.717, 1.165) is 11.8 Å². The molecule has 3 N–H and O–H groups in total. The van der Waals surface area contributed by atoms with Crippen LogP contribution in [0.1, 0.15) is 25.7 Å². The third-order valence-electron chi connectivity index (χ3n) is 3.53. The van der Waals surface area contributed by atoms with E-state index in [-0.39, 0.29) is 5.75 Å². The second-order valence-electron chi connectivity index (χ2n) is 4.60. The second kappa shape index (κ2) is 3.79. The second-order valence-corrected chi connectivity index (χ2v) is 6.34. The zero-order valence-corrected chi connectivity index (χ0v) is 9.09. The van der Waals surface area contributed by atoms with Crippen molar-refractivity contribution < 1.29 is 8.42 Å². The minimum absolute atomic E-state index is 0.0564. The van der Waals surface area contributed by atoms with Gasteiger partial charge in [0.15, 0.2) is 0 Å². The van der Waals surface area contributed by atoms with Gasteiger partial charge in [0.2, 0.25) is 10.0 Å². The Morgan fingerprint density at radius 2 is 2.07 bits per heavy atom. The van der Waals surface area contributed by atoms with Crippen LogP contribution in [0.2, 0.25) is 0 Å². The fourth-order valence-corrected chi connectivity index (χ4v) is 3.28. The first-order chi connectivity index (χ1) is 6.54. The van der Waals surface area contributed by atoms with Gasteiger partial charge in [-0.15, -0.1) is 0 Å². The average Bonchev–Trinajstić information content (AvgIpc) is 2.62. The maximum Gasteiger partial charge on any atom is 0.210 e. The zero-order valence-electron chi connectivity index (χ0n) is 8.28.